The van der Waals surface area contributed by atoms with Crippen LogP contribution in [0.5, 0.6) is 5.75 Å². The number of allylic oxidation sites excluding steroid dienone is 1. The number of carbonyl (C=O) groups excluding carboxylic acids is 1. The zero-order valence-electron chi connectivity index (χ0n) is 13.5. The molecule has 0 heterocycles. The summed E-state index contributed by atoms with van der Waals surface area (Å²) in [6.07, 6.45) is 3.45. The second kappa shape index (κ2) is 7.42. The summed E-state index contributed by atoms with van der Waals surface area (Å²) >= 11 is 0. The van der Waals surface area contributed by atoms with Crippen LogP contribution in [0.15, 0.2) is 84.9 Å². The molecule has 2 heteroatoms. The first-order chi connectivity index (χ1) is 11.8. The number of ether oxygens (including phenoxy) is 1. The van der Waals surface area contributed by atoms with E-state index in [1.54, 1.807) is 13.2 Å². The molecule has 0 atom stereocenters. The predicted molar refractivity (Wildman–Crippen MR) is 98.2 cm³/mol. The monoisotopic (exact) mass is 314 g/mol. The average molecular weight is 314 g/mol. The van der Waals surface area contributed by atoms with E-state index in [-0.39, 0.29) is 5.78 Å². The lowest BCUT2D eigenvalue weighted by Gasteiger charge is -2.04. The molecule has 2 nitrogen and oxygen atoms in total. The van der Waals surface area contributed by atoms with Crippen molar-refractivity contribution in [1.29, 1.82) is 0 Å². The molecule has 0 bridgehead atoms. The maximum Gasteiger partial charge on any atom is 0.185 e. The molecule has 0 saturated carbocycles. The summed E-state index contributed by atoms with van der Waals surface area (Å²) in [6, 6.07) is 25.3. The van der Waals surface area contributed by atoms with Crippen LogP contribution in [-0.4, -0.2) is 12.9 Å². The summed E-state index contributed by atoms with van der Waals surface area (Å²) in [5.74, 6) is 0.854. The molecule has 24 heavy (non-hydrogen) atoms. The van der Waals surface area contributed by atoms with Crippen LogP contribution < -0.4 is 4.74 Å². The number of ketones is 1. The van der Waals surface area contributed by atoms with E-state index in [2.05, 4.69) is 12.1 Å². The number of benzene rings is 3. The average Bonchev–Trinajstić information content (AvgIpc) is 2.67. The zero-order chi connectivity index (χ0) is 16.8. The second-order valence-electron chi connectivity index (χ2n) is 5.41. The van der Waals surface area contributed by atoms with Crippen LogP contribution >= 0.6 is 0 Å². The molecular formula is C22H18O2. The van der Waals surface area contributed by atoms with Gasteiger partial charge in [0.05, 0.1) is 7.11 Å². The van der Waals surface area contributed by atoms with Crippen molar-refractivity contribution in [2.45, 2.75) is 0 Å². The van der Waals surface area contributed by atoms with Crippen LogP contribution in [0.2, 0.25) is 0 Å². The van der Waals surface area contributed by atoms with Gasteiger partial charge in [0, 0.05) is 5.56 Å². The normalized spacial score (nSPS) is 10.7. The Hall–Kier alpha value is -3.13. The maximum atomic E-state index is 12.1. The molecule has 0 aliphatic carbocycles. The minimum atomic E-state index is 0.00910. The highest BCUT2D eigenvalue weighted by Gasteiger charge is 2.01. The van der Waals surface area contributed by atoms with Gasteiger partial charge in [-0.1, -0.05) is 72.8 Å². The predicted octanol–water partition coefficient (Wildman–Crippen LogP) is 5.26. The third-order valence-corrected chi connectivity index (χ3v) is 3.82. The van der Waals surface area contributed by atoms with Gasteiger partial charge in [-0.05, 0) is 34.9 Å². The van der Waals surface area contributed by atoms with Crippen LogP contribution in [0.25, 0.3) is 17.2 Å². The van der Waals surface area contributed by atoms with Gasteiger partial charge in [0.2, 0.25) is 0 Å². The lowest BCUT2D eigenvalue weighted by atomic mass is 10.0. The molecule has 3 aromatic rings. The Bertz CT molecular complexity index is 829. The summed E-state index contributed by atoms with van der Waals surface area (Å²) in [5.41, 5.74) is 3.95. The minimum absolute atomic E-state index is 0.00910. The van der Waals surface area contributed by atoms with E-state index >= 15 is 0 Å². The van der Waals surface area contributed by atoms with Crippen molar-refractivity contribution in [1.82, 2.24) is 0 Å². The highest BCUT2D eigenvalue weighted by molar-refractivity contribution is 6.06. The van der Waals surface area contributed by atoms with E-state index in [9.17, 15) is 4.79 Å². The molecule has 3 rings (SSSR count). The van der Waals surface area contributed by atoms with Gasteiger partial charge in [-0.2, -0.15) is 0 Å². The Balaban J connectivity index is 1.72. The Labute approximate surface area is 142 Å². The molecule has 0 radical (unpaired) electrons. The first kappa shape index (κ1) is 15.8. The first-order valence-electron chi connectivity index (χ1n) is 7.78. The molecule has 118 valence electrons. The molecule has 0 N–H and O–H groups in total. The van der Waals surface area contributed by atoms with Gasteiger partial charge < -0.3 is 4.74 Å². The quantitative estimate of drug-likeness (QED) is 0.474. The fourth-order valence-corrected chi connectivity index (χ4v) is 2.44. The van der Waals surface area contributed by atoms with Gasteiger partial charge >= 0.3 is 0 Å². The molecule has 3 aromatic carbocycles. The molecule has 0 aliphatic rings. The van der Waals surface area contributed by atoms with E-state index in [0.29, 0.717) is 5.56 Å². The molecule has 0 amide bonds. The van der Waals surface area contributed by atoms with Gasteiger partial charge in [-0.25, -0.2) is 0 Å². The van der Waals surface area contributed by atoms with Crippen LogP contribution in [0, 0.1) is 0 Å². The molecule has 0 saturated heterocycles. The minimum Gasteiger partial charge on any atom is -0.497 e. The van der Waals surface area contributed by atoms with Crippen molar-refractivity contribution in [2.75, 3.05) is 7.11 Å². The van der Waals surface area contributed by atoms with E-state index in [0.717, 1.165) is 22.4 Å². The molecule has 0 spiro atoms. The number of carbonyl (C=O) groups is 1. The standard InChI is InChI=1S/C22H18O2/c1-24-21-14-12-19(13-15-21)18-10-7-17(8-11-18)9-16-22(23)20-5-3-2-4-6-20/h2-16H,1H3/b16-9+. The fourth-order valence-electron chi connectivity index (χ4n) is 2.44. The zero-order valence-corrected chi connectivity index (χ0v) is 13.5. The van der Waals surface area contributed by atoms with Gasteiger partial charge in [0.25, 0.3) is 0 Å². The largest absolute Gasteiger partial charge is 0.497 e. The molecule has 0 aromatic heterocycles. The van der Waals surface area contributed by atoms with E-state index < -0.39 is 0 Å². The van der Waals surface area contributed by atoms with Gasteiger partial charge in [-0.3, -0.25) is 4.79 Å². The lowest BCUT2D eigenvalue weighted by Crippen LogP contribution is -1.92. The van der Waals surface area contributed by atoms with E-state index in [1.807, 2.05) is 72.8 Å². The van der Waals surface area contributed by atoms with Crippen LogP contribution in [0.3, 0.4) is 0 Å². The van der Waals surface area contributed by atoms with Crippen molar-refractivity contribution in [3.63, 3.8) is 0 Å². The number of hydrogen-bond donors (Lipinski definition) is 0. The highest BCUT2D eigenvalue weighted by Crippen LogP contribution is 2.23. The maximum absolute atomic E-state index is 12.1. The lowest BCUT2D eigenvalue weighted by molar-refractivity contribution is 0.104. The molecule has 0 aliphatic heterocycles. The Morgan fingerprint density at radius 3 is 1.96 bits per heavy atom. The first-order valence-corrected chi connectivity index (χ1v) is 7.78. The van der Waals surface area contributed by atoms with Crippen molar-refractivity contribution in [2.24, 2.45) is 0 Å². The van der Waals surface area contributed by atoms with Crippen molar-refractivity contribution >= 4 is 11.9 Å². The summed E-state index contributed by atoms with van der Waals surface area (Å²) < 4.78 is 5.17. The van der Waals surface area contributed by atoms with Crippen molar-refractivity contribution in [3.05, 3.63) is 96.1 Å². The van der Waals surface area contributed by atoms with Crippen LogP contribution in [-0.2, 0) is 0 Å². The fraction of sp³-hybridized carbons (Fsp3) is 0.0455. The second-order valence-corrected chi connectivity index (χ2v) is 5.41. The SMILES string of the molecule is COc1ccc(-c2ccc(/C=C/C(=O)c3ccccc3)cc2)cc1. The third-order valence-electron chi connectivity index (χ3n) is 3.82. The molecule has 0 unspecified atom stereocenters. The van der Waals surface area contributed by atoms with Crippen molar-refractivity contribution in [3.8, 4) is 16.9 Å². The van der Waals surface area contributed by atoms with E-state index in [1.165, 1.54) is 0 Å². The van der Waals surface area contributed by atoms with Gasteiger partial charge in [0.15, 0.2) is 5.78 Å². The summed E-state index contributed by atoms with van der Waals surface area (Å²) in [4.78, 5) is 12.1. The number of methoxy groups -OCH3 is 1. The number of rotatable bonds is 5. The topological polar surface area (TPSA) is 26.3 Å². The Morgan fingerprint density at radius 2 is 1.38 bits per heavy atom. The van der Waals surface area contributed by atoms with Crippen LogP contribution in [0.1, 0.15) is 15.9 Å². The summed E-state index contributed by atoms with van der Waals surface area (Å²) in [5, 5.41) is 0. The van der Waals surface area contributed by atoms with Gasteiger partial charge in [0.1, 0.15) is 5.75 Å². The Kier molecular flexibility index (Phi) is 4.87. The van der Waals surface area contributed by atoms with Crippen molar-refractivity contribution < 1.29 is 9.53 Å². The Morgan fingerprint density at radius 1 is 0.792 bits per heavy atom. The molecule has 0 fully saturated rings. The van der Waals surface area contributed by atoms with Gasteiger partial charge in [-0.15, -0.1) is 0 Å². The smallest absolute Gasteiger partial charge is 0.185 e. The van der Waals surface area contributed by atoms with Crippen LogP contribution in [0.4, 0.5) is 0 Å². The number of hydrogen-bond acceptors (Lipinski definition) is 2. The molecular weight excluding hydrogens is 296 g/mol. The summed E-state index contributed by atoms with van der Waals surface area (Å²) in [7, 11) is 1.66. The third kappa shape index (κ3) is 3.79. The van der Waals surface area contributed by atoms with E-state index in [4.69, 9.17) is 4.74 Å². The highest BCUT2D eigenvalue weighted by atomic mass is 16.5. The summed E-state index contributed by atoms with van der Waals surface area (Å²) in [6.45, 7) is 0.